The number of rotatable bonds is 9. The maximum absolute atomic E-state index is 12.0. The standard InChI is InChI=1S/C18H26O5/c1-5-15-11-13(16(6-2)23-15)9-10-14(18(20)22-8-4)12-17(19)21-7-3/h10-11H,5-9,12H2,1-4H3/b14-10-. The Labute approximate surface area is 137 Å². The summed E-state index contributed by atoms with van der Waals surface area (Å²) in [6, 6.07) is 2.00. The van der Waals surface area contributed by atoms with E-state index in [0.29, 0.717) is 12.0 Å². The molecule has 0 saturated heterocycles. The third kappa shape index (κ3) is 5.93. The predicted octanol–water partition coefficient (Wildman–Crippen LogP) is 3.39. The van der Waals surface area contributed by atoms with Crippen molar-refractivity contribution in [3.8, 4) is 0 Å². The molecule has 0 bridgehead atoms. The Bertz CT molecular complexity index is 554. The van der Waals surface area contributed by atoms with Crippen LogP contribution < -0.4 is 0 Å². The van der Waals surface area contributed by atoms with Crippen LogP contribution in [0.2, 0.25) is 0 Å². The highest BCUT2D eigenvalue weighted by atomic mass is 16.5. The maximum Gasteiger partial charge on any atom is 0.334 e. The average molecular weight is 322 g/mol. The zero-order chi connectivity index (χ0) is 17.2. The summed E-state index contributed by atoms with van der Waals surface area (Å²) in [4.78, 5) is 23.7. The smallest absolute Gasteiger partial charge is 0.334 e. The molecule has 0 aliphatic heterocycles. The third-order valence-electron chi connectivity index (χ3n) is 3.36. The van der Waals surface area contributed by atoms with E-state index in [-0.39, 0.29) is 19.6 Å². The van der Waals surface area contributed by atoms with Crippen molar-refractivity contribution in [3.63, 3.8) is 0 Å². The molecule has 0 radical (unpaired) electrons. The van der Waals surface area contributed by atoms with Crippen LogP contribution in [0.3, 0.4) is 0 Å². The summed E-state index contributed by atoms with van der Waals surface area (Å²) in [5.41, 5.74) is 1.36. The van der Waals surface area contributed by atoms with Gasteiger partial charge in [-0.3, -0.25) is 4.79 Å². The van der Waals surface area contributed by atoms with E-state index < -0.39 is 11.9 Å². The van der Waals surface area contributed by atoms with E-state index in [1.165, 1.54) is 0 Å². The van der Waals surface area contributed by atoms with Gasteiger partial charge in [0.2, 0.25) is 0 Å². The van der Waals surface area contributed by atoms with Crippen LogP contribution in [0.1, 0.15) is 51.2 Å². The lowest BCUT2D eigenvalue weighted by Gasteiger charge is -2.07. The molecule has 0 atom stereocenters. The molecule has 0 spiro atoms. The van der Waals surface area contributed by atoms with Crippen molar-refractivity contribution in [1.29, 1.82) is 0 Å². The Morgan fingerprint density at radius 2 is 1.78 bits per heavy atom. The fourth-order valence-electron chi connectivity index (χ4n) is 2.23. The van der Waals surface area contributed by atoms with Gasteiger partial charge in [0, 0.05) is 18.4 Å². The monoisotopic (exact) mass is 322 g/mol. The number of hydrogen-bond donors (Lipinski definition) is 0. The van der Waals surface area contributed by atoms with Crippen LogP contribution in [0.15, 0.2) is 22.1 Å². The van der Waals surface area contributed by atoms with Gasteiger partial charge in [0.25, 0.3) is 0 Å². The van der Waals surface area contributed by atoms with E-state index in [1.807, 2.05) is 19.9 Å². The molecule has 5 heteroatoms. The second-order valence-corrected chi connectivity index (χ2v) is 5.00. The quantitative estimate of drug-likeness (QED) is 0.515. The topological polar surface area (TPSA) is 65.7 Å². The summed E-state index contributed by atoms with van der Waals surface area (Å²) in [7, 11) is 0. The number of hydrogen-bond acceptors (Lipinski definition) is 5. The summed E-state index contributed by atoms with van der Waals surface area (Å²) in [6.45, 7) is 8.08. The molecule has 0 saturated carbocycles. The van der Waals surface area contributed by atoms with Crippen molar-refractivity contribution in [2.24, 2.45) is 0 Å². The van der Waals surface area contributed by atoms with Crippen LogP contribution in [0.25, 0.3) is 0 Å². The second-order valence-electron chi connectivity index (χ2n) is 5.00. The molecule has 5 nitrogen and oxygen atoms in total. The second kappa shape index (κ2) is 9.87. The molecule has 128 valence electrons. The van der Waals surface area contributed by atoms with E-state index in [0.717, 1.165) is 29.9 Å². The predicted molar refractivity (Wildman–Crippen MR) is 87.1 cm³/mol. The molecule has 0 aromatic carbocycles. The molecule has 0 fully saturated rings. The van der Waals surface area contributed by atoms with Crippen molar-refractivity contribution in [3.05, 3.63) is 34.8 Å². The fourth-order valence-corrected chi connectivity index (χ4v) is 2.23. The van der Waals surface area contributed by atoms with E-state index in [4.69, 9.17) is 13.9 Å². The molecule has 0 aliphatic rings. The van der Waals surface area contributed by atoms with Gasteiger partial charge in [-0.2, -0.15) is 0 Å². The Morgan fingerprint density at radius 1 is 1.09 bits per heavy atom. The van der Waals surface area contributed by atoms with Crippen LogP contribution in [0.5, 0.6) is 0 Å². The number of furan rings is 1. The van der Waals surface area contributed by atoms with Gasteiger partial charge in [0.15, 0.2) is 0 Å². The Kier molecular flexibility index (Phi) is 8.16. The normalized spacial score (nSPS) is 11.4. The van der Waals surface area contributed by atoms with Gasteiger partial charge in [-0.1, -0.05) is 19.9 Å². The zero-order valence-electron chi connectivity index (χ0n) is 14.4. The molecule has 1 aromatic heterocycles. The maximum atomic E-state index is 12.0. The van der Waals surface area contributed by atoms with Gasteiger partial charge in [0.1, 0.15) is 11.5 Å². The Morgan fingerprint density at radius 3 is 2.35 bits per heavy atom. The summed E-state index contributed by atoms with van der Waals surface area (Å²) in [5.74, 6) is 0.938. The van der Waals surface area contributed by atoms with Crippen molar-refractivity contribution < 1.29 is 23.5 Å². The number of allylic oxidation sites excluding steroid dienone is 1. The Hall–Kier alpha value is -2.04. The summed E-state index contributed by atoms with van der Waals surface area (Å²) in [6.07, 6.45) is 3.80. The molecule has 0 N–H and O–H groups in total. The van der Waals surface area contributed by atoms with E-state index in [1.54, 1.807) is 19.9 Å². The largest absolute Gasteiger partial charge is 0.466 e. The van der Waals surface area contributed by atoms with E-state index in [2.05, 4.69) is 0 Å². The molecule has 1 heterocycles. The highest BCUT2D eigenvalue weighted by Gasteiger charge is 2.16. The zero-order valence-corrected chi connectivity index (χ0v) is 14.4. The summed E-state index contributed by atoms with van der Waals surface area (Å²) in [5, 5.41) is 0. The number of ether oxygens (including phenoxy) is 2. The van der Waals surface area contributed by atoms with Gasteiger partial charge in [-0.15, -0.1) is 0 Å². The third-order valence-corrected chi connectivity index (χ3v) is 3.36. The fraction of sp³-hybridized carbons (Fsp3) is 0.556. The summed E-state index contributed by atoms with van der Waals surface area (Å²) < 4.78 is 15.7. The number of carbonyl (C=O) groups is 2. The van der Waals surface area contributed by atoms with Gasteiger partial charge in [0.05, 0.1) is 19.6 Å². The van der Waals surface area contributed by atoms with Crippen LogP contribution in [-0.2, 0) is 38.3 Å². The molecular formula is C18H26O5. The SMILES string of the molecule is CCOC(=O)C/C(=C/Cc1cc(CC)oc1CC)C(=O)OCC. The molecular weight excluding hydrogens is 296 g/mol. The highest BCUT2D eigenvalue weighted by Crippen LogP contribution is 2.19. The van der Waals surface area contributed by atoms with E-state index in [9.17, 15) is 9.59 Å². The number of aryl methyl sites for hydroxylation is 2. The Balaban J connectivity index is 2.92. The van der Waals surface area contributed by atoms with Crippen LogP contribution >= 0.6 is 0 Å². The van der Waals surface area contributed by atoms with E-state index >= 15 is 0 Å². The minimum Gasteiger partial charge on any atom is -0.466 e. The minimum absolute atomic E-state index is 0.0768. The molecule has 1 aromatic rings. The lowest BCUT2D eigenvalue weighted by Crippen LogP contribution is -2.14. The van der Waals surface area contributed by atoms with Gasteiger partial charge in [-0.05, 0) is 31.9 Å². The van der Waals surface area contributed by atoms with Crippen molar-refractivity contribution in [1.82, 2.24) is 0 Å². The average Bonchev–Trinajstić information content (AvgIpc) is 2.94. The van der Waals surface area contributed by atoms with Crippen molar-refractivity contribution in [2.75, 3.05) is 13.2 Å². The van der Waals surface area contributed by atoms with Gasteiger partial charge < -0.3 is 13.9 Å². The van der Waals surface area contributed by atoms with Crippen LogP contribution in [-0.4, -0.2) is 25.2 Å². The van der Waals surface area contributed by atoms with Crippen molar-refractivity contribution >= 4 is 11.9 Å². The first-order valence-corrected chi connectivity index (χ1v) is 8.17. The molecule has 1 rings (SSSR count). The summed E-state index contributed by atoms with van der Waals surface area (Å²) >= 11 is 0. The lowest BCUT2D eigenvalue weighted by atomic mass is 10.1. The minimum atomic E-state index is -0.474. The van der Waals surface area contributed by atoms with Gasteiger partial charge in [-0.25, -0.2) is 4.79 Å². The lowest BCUT2D eigenvalue weighted by molar-refractivity contribution is -0.145. The van der Waals surface area contributed by atoms with Crippen LogP contribution in [0.4, 0.5) is 0 Å². The molecule has 0 unspecified atom stereocenters. The van der Waals surface area contributed by atoms with Crippen molar-refractivity contribution in [2.45, 2.75) is 53.4 Å². The first kappa shape index (κ1) is 19.0. The first-order chi connectivity index (χ1) is 11.0. The molecule has 0 aliphatic carbocycles. The van der Waals surface area contributed by atoms with Gasteiger partial charge >= 0.3 is 11.9 Å². The number of esters is 2. The first-order valence-electron chi connectivity index (χ1n) is 8.17. The molecule has 0 amide bonds. The molecule has 23 heavy (non-hydrogen) atoms. The highest BCUT2D eigenvalue weighted by molar-refractivity contribution is 5.93. The number of carbonyl (C=O) groups excluding carboxylic acids is 2. The van der Waals surface area contributed by atoms with Crippen LogP contribution in [0, 0.1) is 0 Å².